The number of amides is 2. The molecule has 0 radical (unpaired) electrons. The Labute approximate surface area is 327 Å². The van der Waals surface area contributed by atoms with Gasteiger partial charge in [-0.15, -0.1) is 0 Å². The molecule has 2 amide bonds. The van der Waals surface area contributed by atoms with Gasteiger partial charge in [-0.2, -0.15) is 0 Å². The van der Waals surface area contributed by atoms with Crippen LogP contribution < -0.4 is 15.5 Å². The Kier molecular flexibility index (Phi) is 15.0. The zero-order valence-corrected chi connectivity index (χ0v) is 34.0. The second-order valence-corrected chi connectivity index (χ2v) is 18.7. The van der Waals surface area contributed by atoms with Gasteiger partial charge in [0.05, 0.1) is 17.3 Å². The Balaban J connectivity index is 0.000000202. The van der Waals surface area contributed by atoms with Crippen LogP contribution in [0.1, 0.15) is 78.5 Å². The van der Waals surface area contributed by atoms with Crippen LogP contribution in [0.4, 0.5) is 25.8 Å². The molecule has 2 aliphatic heterocycles. The number of anilines is 3. The van der Waals surface area contributed by atoms with Gasteiger partial charge in [0.1, 0.15) is 11.6 Å². The summed E-state index contributed by atoms with van der Waals surface area (Å²) in [6.07, 6.45) is 4.36. The van der Waals surface area contributed by atoms with Crippen molar-refractivity contribution in [3.05, 3.63) is 123 Å². The second-order valence-electron chi connectivity index (χ2n) is 13.8. The number of halogens is 3. The summed E-state index contributed by atoms with van der Waals surface area (Å²) in [4.78, 5) is 27.5. The summed E-state index contributed by atoms with van der Waals surface area (Å²) in [5.74, 6) is -1.10. The average molecular weight is 816 g/mol. The van der Waals surface area contributed by atoms with Crippen LogP contribution in [0.2, 0.25) is 0 Å². The molecule has 4 aromatic rings. The van der Waals surface area contributed by atoms with E-state index in [1.165, 1.54) is 23.8 Å². The summed E-state index contributed by atoms with van der Waals surface area (Å²) in [6, 6.07) is 20.1. The van der Waals surface area contributed by atoms with Crippen molar-refractivity contribution < 1.29 is 35.2 Å². The molecule has 0 unspecified atom stereocenters. The third-order valence-corrected chi connectivity index (χ3v) is 11.7. The van der Waals surface area contributed by atoms with E-state index in [9.17, 15) is 35.2 Å². The van der Waals surface area contributed by atoms with E-state index in [0.717, 1.165) is 48.4 Å². The van der Waals surface area contributed by atoms with Crippen molar-refractivity contribution >= 4 is 58.4 Å². The summed E-state index contributed by atoms with van der Waals surface area (Å²) >= 11 is 0. The third kappa shape index (κ3) is 12.6. The quantitative estimate of drug-likeness (QED) is 0.126. The lowest BCUT2D eigenvalue weighted by Crippen LogP contribution is -2.35. The Morgan fingerprint density at radius 1 is 0.618 bits per heavy atom. The fourth-order valence-corrected chi connectivity index (χ4v) is 8.86. The van der Waals surface area contributed by atoms with Crippen molar-refractivity contribution in [3.63, 3.8) is 0 Å². The van der Waals surface area contributed by atoms with Crippen LogP contribution in [-0.4, -0.2) is 41.7 Å². The van der Waals surface area contributed by atoms with Crippen LogP contribution in [-0.2, 0) is 58.6 Å². The molecule has 2 heterocycles. The number of nitrogens with zero attached hydrogens (tertiary/aromatic N) is 2. The van der Waals surface area contributed by atoms with E-state index in [0.29, 0.717) is 53.6 Å². The molecule has 0 aromatic heterocycles. The molecule has 2 aliphatic rings. The minimum absolute atomic E-state index is 0.0997. The van der Waals surface area contributed by atoms with Gasteiger partial charge in [0.25, 0.3) is 0 Å². The highest BCUT2D eigenvalue weighted by atomic mass is 35.7. The molecule has 0 saturated carbocycles. The molecule has 0 atom stereocenters. The molecule has 4 aromatic carbocycles. The van der Waals surface area contributed by atoms with E-state index in [1.54, 1.807) is 43.0 Å². The van der Waals surface area contributed by atoms with Gasteiger partial charge in [0.15, 0.2) is 9.84 Å². The van der Waals surface area contributed by atoms with Gasteiger partial charge in [-0.3, -0.25) is 9.59 Å². The summed E-state index contributed by atoms with van der Waals surface area (Å²) in [7, 11) is -2.02. The van der Waals surface area contributed by atoms with E-state index >= 15 is 0 Å². The zero-order chi connectivity index (χ0) is 40.5. The van der Waals surface area contributed by atoms with Gasteiger partial charge in [0, 0.05) is 53.7 Å². The number of rotatable bonds is 10. The van der Waals surface area contributed by atoms with Crippen LogP contribution >= 0.6 is 10.7 Å². The fraction of sp³-hybridized carbons (Fsp3) is 0.366. The van der Waals surface area contributed by atoms with Crippen LogP contribution in [0.15, 0.2) is 72.8 Å². The molecule has 9 nitrogen and oxygen atoms in total. The van der Waals surface area contributed by atoms with Crippen molar-refractivity contribution in [2.24, 2.45) is 0 Å². The van der Waals surface area contributed by atoms with Crippen LogP contribution in [0, 0.1) is 25.5 Å². The number of carbonyl (C=O) groups excluding carboxylic acids is 2. The predicted molar refractivity (Wildman–Crippen MR) is 216 cm³/mol. The topological polar surface area (TPSA) is 135 Å². The van der Waals surface area contributed by atoms with E-state index in [2.05, 4.69) is 6.92 Å². The number of carbonyl (C=O) groups is 2. The molecule has 0 bridgehead atoms. The number of benzene rings is 4. The van der Waals surface area contributed by atoms with Gasteiger partial charge < -0.3 is 15.5 Å². The SMILES string of the molecule is CCCN1C(=O)CCc2cc(CS(=O)(=O)Cc3ccc(C)c(F)c3)ccc21.CCCN1C(=O)CCc2cc(N)ccc21.Cc1ccc(CS(=O)(=O)Cl)cc1F. The van der Waals surface area contributed by atoms with Crippen molar-refractivity contribution in [1.82, 2.24) is 0 Å². The first-order valence-corrected chi connectivity index (χ1v) is 22.4. The number of fused-ring (bicyclic) bond motifs is 2. The molecule has 55 heavy (non-hydrogen) atoms. The molecule has 6 rings (SSSR count). The molecule has 2 N–H and O–H groups in total. The van der Waals surface area contributed by atoms with Crippen molar-refractivity contribution in [2.75, 3.05) is 28.6 Å². The average Bonchev–Trinajstić information content (AvgIpc) is 3.10. The molecule has 0 fully saturated rings. The van der Waals surface area contributed by atoms with Gasteiger partial charge >= 0.3 is 0 Å². The van der Waals surface area contributed by atoms with E-state index < -0.39 is 30.5 Å². The third-order valence-electron chi connectivity index (χ3n) is 9.13. The maximum atomic E-state index is 13.7. The molecule has 296 valence electrons. The monoisotopic (exact) mass is 815 g/mol. The fourth-order valence-electron chi connectivity index (χ4n) is 6.43. The Bertz CT molecular complexity index is 2250. The second kappa shape index (κ2) is 19.0. The summed E-state index contributed by atoms with van der Waals surface area (Å²) in [5, 5.41) is 0. The van der Waals surface area contributed by atoms with Crippen molar-refractivity contribution in [2.45, 2.75) is 83.5 Å². The Morgan fingerprint density at radius 2 is 1.04 bits per heavy atom. The highest BCUT2D eigenvalue weighted by molar-refractivity contribution is 8.13. The highest BCUT2D eigenvalue weighted by Crippen LogP contribution is 2.31. The number of sulfone groups is 1. The first-order valence-electron chi connectivity index (χ1n) is 18.1. The number of nitrogen functional groups attached to an aromatic ring is 1. The lowest BCUT2D eigenvalue weighted by Gasteiger charge is -2.29. The van der Waals surface area contributed by atoms with Crippen molar-refractivity contribution in [1.29, 1.82) is 0 Å². The van der Waals surface area contributed by atoms with Gasteiger partial charge in [-0.05, 0) is 115 Å². The summed E-state index contributed by atoms with van der Waals surface area (Å²) in [5.41, 5.74) is 13.1. The smallest absolute Gasteiger partial charge is 0.236 e. The molecule has 14 heteroatoms. The lowest BCUT2D eigenvalue weighted by atomic mass is 9.99. The van der Waals surface area contributed by atoms with Gasteiger partial charge in [0.2, 0.25) is 20.9 Å². The number of hydrogen-bond acceptors (Lipinski definition) is 7. The minimum atomic E-state index is -3.60. The highest BCUT2D eigenvalue weighted by Gasteiger charge is 2.25. The summed E-state index contributed by atoms with van der Waals surface area (Å²) in [6.45, 7) is 8.83. The molecular weight excluding hydrogens is 768 g/mol. The normalized spacial score (nSPS) is 13.9. The molecule has 0 saturated heterocycles. The van der Waals surface area contributed by atoms with Crippen LogP contribution in [0.25, 0.3) is 0 Å². The number of nitrogens with two attached hydrogens (primary N) is 1. The standard InChI is InChI=1S/C21H24FNO3S.C12H16N2O.C8H8ClFO2S/c1-3-10-23-20-8-6-16(11-18(20)7-9-21(23)24)13-27(25,26)14-17-5-4-15(2)19(22)12-17;1-2-7-14-11-5-4-10(13)8-9(11)3-6-12(14)15;1-6-2-3-7(4-8(6)10)5-13(9,11)12/h4-6,8,11-12H,3,7,9-10,13-14H2,1-2H3;4-5,8H,2-3,6-7,13H2,1H3;2-4H,5H2,1H3. The van der Waals surface area contributed by atoms with Crippen LogP contribution in [0.5, 0.6) is 0 Å². The lowest BCUT2D eigenvalue weighted by molar-refractivity contribution is -0.119. The van der Waals surface area contributed by atoms with E-state index in [1.807, 2.05) is 42.2 Å². The van der Waals surface area contributed by atoms with Crippen molar-refractivity contribution in [3.8, 4) is 0 Å². The molecular formula is C41H48ClF2N3O6S2. The van der Waals surface area contributed by atoms with E-state index in [4.69, 9.17) is 16.4 Å². The van der Waals surface area contributed by atoms with Gasteiger partial charge in [-0.1, -0.05) is 50.2 Å². The number of aryl methyl sites for hydroxylation is 4. The zero-order valence-electron chi connectivity index (χ0n) is 31.6. The predicted octanol–water partition coefficient (Wildman–Crippen LogP) is 8.10. The Morgan fingerprint density at radius 3 is 1.49 bits per heavy atom. The largest absolute Gasteiger partial charge is 0.399 e. The summed E-state index contributed by atoms with van der Waals surface area (Å²) < 4.78 is 73.0. The van der Waals surface area contributed by atoms with Gasteiger partial charge in [-0.25, -0.2) is 25.6 Å². The van der Waals surface area contributed by atoms with Crippen LogP contribution in [0.3, 0.4) is 0 Å². The maximum absolute atomic E-state index is 13.7. The number of hydrogen-bond donors (Lipinski definition) is 1. The first-order chi connectivity index (χ1) is 25.9. The Hall–Kier alpha value is -4.33. The molecule has 0 spiro atoms. The first kappa shape index (κ1) is 43.4. The van der Waals surface area contributed by atoms with E-state index in [-0.39, 0.29) is 29.1 Å². The minimum Gasteiger partial charge on any atom is -0.399 e. The maximum Gasteiger partial charge on any atom is 0.236 e. The molecule has 0 aliphatic carbocycles.